The molecule has 0 atom stereocenters. The summed E-state index contributed by atoms with van der Waals surface area (Å²) in [4.78, 5) is 11.0. The van der Waals surface area contributed by atoms with Gasteiger partial charge in [-0.05, 0) is 35.6 Å². The molecule has 0 spiro atoms. The van der Waals surface area contributed by atoms with Crippen molar-refractivity contribution in [1.82, 2.24) is 0 Å². The van der Waals surface area contributed by atoms with Gasteiger partial charge in [-0.2, -0.15) is 0 Å². The van der Waals surface area contributed by atoms with E-state index >= 15 is 0 Å². The third-order valence-electron chi connectivity index (χ3n) is 2.43. The lowest BCUT2D eigenvalue weighted by atomic mass is 9.84. The van der Waals surface area contributed by atoms with Crippen molar-refractivity contribution in [3.63, 3.8) is 0 Å². The fraction of sp³-hybridized carbons (Fsp3) is 0.462. The Hall–Kier alpha value is -1.02. The summed E-state index contributed by atoms with van der Waals surface area (Å²) in [6, 6.07) is 3.85. The Balaban J connectivity index is 3.27. The average molecular weight is 240 g/mol. The van der Waals surface area contributed by atoms with Gasteiger partial charge in [-0.15, -0.1) is 0 Å². The topological polar surface area (TPSA) is 29.1 Å². The molecule has 88 valence electrons. The Bertz CT molecular complexity index is 419. The standard InChI is InChI=1S/C13H18ClNO/c1-8-6-11(14)12(15-9(2)16)7-10(8)13(3,4)5/h6-7H,1-5H3,(H,15,16). The molecule has 1 aromatic carbocycles. The molecule has 1 amide bonds. The summed E-state index contributed by atoms with van der Waals surface area (Å²) in [5.41, 5.74) is 3.07. The van der Waals surface area contributed by atoms with Crippen LogP contribution in [0.5, 0.6) is 0 Å². The second kappa shape index (κ2) is 4.46. The fourth-order valence-corrected chi connectivity index (χ4v) is 2.03. The molecule has 16 heavy (non-hydrogen) atoms. The second-order valence-corrected chi connectivity index (χ2v) is 5.49. The van der Waals surface area contributed by atoms with E-state index in [4.69, 9.17) is 11.6 Å². The first-order valence-electron chi connectivity index (χ1n) is 5.30. The molecule has 0 fully saturated rings. The van der Waals surface area contributed by atoms with Gasteiger partial charge in [-0.25, -0.2) is 0 Å². The number of carbonyl (C=O) groups excluding carboxylic acids is 1. The Labute approximate surface area is 102 Å². The number of nitrogens with one attached hydrogen (secondary N) is 1. The van der Waals surface area contributed by atoms with Crippen LogP contribution in [0.3, 0.4) is 0 Å². The summed E-state index contributed by atoms with van der Waals surface area (Å²) in [6.45, 7) is 9.93. The van der Waals surface area contributed by atoms with Gasteiger partial charge >= 0.3 is 0 Å². The largest absolute Gasteiger partial charge is 0.325 e. The first kappa shape index (κ1) is 13.0. The van der Waals surface area contributed by atoms with Gasteiger partial charge in [0.15, 0.2) is 0 Å². The first-order chi connectivity index (χ1) is 7.21. The second-order valence-electron chi connectivity index (χ2n) is 5.08. The minimum absolute atomic E-state index is 0.0435. The van der Waals surface area contributed by atoms with E-state index in [-0.39, 0.29) is 11.3 Å². The summed E-state index contributed by atoms with van der Waals surface area (Å²) >= 11 is 6.08. The van der Waals surface area contributed by atoms with Crippen molar-refractivity contribution in [2.24, 2.45) is 0 Å². The third-order valence-corrected chi connectivity index (χ3v) is 2.75. The van der Waals surface area contributed by atoms with E-state index in [0.717, 1.165) is 5.56 Å². The van der Waals surface area contributed by atoms with Crippen LogP contribution < -0.4 is 5.32 Å². The number of benzene rings is 1. The molecule has 0 heterocycles. The van der Waals surface area contributed by atoms with Crippen LogP contribution in [-0.4, -0.2) is 5.91 Å². The van der Waals surface area contributed by atoms with Gasteiger partial charge in [-0.1, -0.05) is 32.4 Å². The predicted molar refractivity (Wildman–Crippen MR) is 69.2 cm³/mol. The van der Waals surface area contributed by atoms with Crippen molar-refractivity contribution in [2.45, 2.75) is 40.0 Å². The van der Waals surface area contributed by atoms with Gasteiger partial charge in [0.1, 0.15) is 0 Å². The quantitative estimate of drug-likeness (QED) is 0.791. The van der Waals surface area contributed by atoms with Gasteiger partial charge in [0.2, 0.25) is 5.91 Å². The Kier molecular flexibility index (Phi) is 3.64. The maximum Gasteiger partial charge on any atom is 0.221 e. The van der Waals surface area contributed by atoms with Gasteiger partial charge in [0.05, 0.1) is 10.7 Å². The van der Waals surface area contributed by atoms with E-state index in [0.29, 0.717) is 10.7 Å². The van der Waals surface area contributed by atoms with Gasteiger partial charge in [0.25, 0.3) is 0 Å². The maximum absolute atomic E-state index is 11.0. The summed E-state index contributed by atoms with van der Waals surface area (Å²) in [5, 5.41) is 3.33. The first-order valence-corrected chi connectivity index (χ1v) is 5.68. The zero-order valence-corrected chi connectivity index (χ0v) is 11.2. The van der Waals surface area contributed by atoms with E-state index < -0.39 is 0 Å². The lowest BCUT2D eigenvalue weighted by molar-refractivity contribution is -0.114. The van der Waals surface area contributed by atoms with E-state index in [1.165, 1.54) is 12.5 Å². The van der Waals surface area contributed by atoms with E-state index in [1.807, 2.05) is 19.1 Å². The SMILES string of the molecule is CC(=O)Nc1cc(C(C)(C)C)c(C)cc1Cl. The van der Waals surface area contributed by atoms with E-state index in [2.05, 4.69) is 26.1 Å². The van der Waals surface area contributed by atoms with Gasteiger partial charge < -0.3 is 5.32 Å². The summed E-state index contributed by atoms with van der Waals surface area (Å²) in [6.07, 6.45) is 0. The van der Waals surface area contributed by atoms with Gasteiger partial charge in [0, 0.05) is 6.92 Å². The zero-order chi connectivity index (χ0) is 12.5. The van der Waals surface area contributed by atoms with Crippen LogP contribution in [0.15, 0.2) is 12.1 Å². The molecule has 0 radical (unpaired) electrons. The number of hydrogen-bond donors (Lipinski definition) is 1. The highest BCUT2D eigenvalue weighted by Gasteiger charge is 2.18. The van der Waals surface area contributed by atoms with Crippen molar-refractivity contribution in [3.05, 3.63) is 28.3 Å². The number of aryl methyl sites for hydroxylation is 1. The Morgan fingerprint density at radius 2 is 1.88 bits per heavy atom. The molecule has 0 aliphatic heterocycles. The predicted octanol–water partition coefficient (Wildman–Crippen LogP) is 3.90. The molecule has 0 aliphatic carbocycles. The van der Waals surface area contributed by atoms with Crippen molar-refractivity contribution in [2.75, 3.05) is 5.32 Å². The zero-order valence-electron chi connectivity index (χ0n) is 10.4. The van der Waals surface area contributed by atoms with Gasteiger partial charge in [-0.3, -0.25) is 4.79 Å². The molecule has 0 saturated carbocycles. The van der Waals surface area contributed by atoms with Crippen LogP contribution in [0, 0.1) is 6.92 Å². The van der Waals surface area contributed by atoms with E-state index in [9.17, 15) is 4.79 Å². The van der Waals surface area contributed by atoms with Crippen LogP contribution in [0.4, 0.5) is 5.69 Å². The minimum Gasteiger partial charge on any atom is -0.325 e. The molecule has 0 aliphatic rings. The molecule has 0 saturated heterocycles. The number of halogens is 1. The number of rotatable bonds is 1. The van der Waals surface area contributed by atoms with Crippen LogP contribution in [-0.2, 0) is 10.2 Å². The normalized spacial score (nSPS) is 11.4. The molecule has 2 nitrogen and oxygen atoms in total. The van der Waals surface area contributed by atoms with Crippen LogP contribution in [0.25, 0.3) is 0 Å². The summed E-state index contributed by atoms with van der Waals surface area (Å²) in [7, 11) is 0. The molecule has 1 N–H and O–H groups in total. The van der Waals surface area contributed by atoms with Crippen LogP contribution in [0.1, 0.15) is 38.8 Å². The van der Waals surface area contributed by atoms with Crippen molar-refractivity contribution >= 4 is 23.2 Å². The average Bonchev–Trinajstić information content (AvgIpc) is 2.06. The molecule has 1 aromatic rings. The highest BCUT2D eigenvalue weighted by molar-refractivity contribution is 6.33. The number of amides is 1. The lowest BCUT2D eigenvalue weighted by Crippen LogP contribution is -2.15. The molecule has 0 unspecified atom stereocenters. The minimum atomic E-state index is -0.106. The smallest absolute Gasteiger partial charge is 0.221 e. The fourth-order valence-electron chi connectivity index (χ4n) is 1.77. The van der Waals surface area contributed by atoms with Crippen molar-refractivity contribution in [1.29, 1.82) is 0 Å². The number of hydrogen-bond acceptors (Lipinski definition) is 1. The molecular weight excluding hydrogens is 222 g/mol. The molecule has 1 rings (SSSR count). The Morgan fingerprint density at radius 1 is 1.31 bits per heavy atom. The van der Waals surface area contributed by atoms with E-state index in [1.54, 1.807) is 0 Å². The number of carbonyl (C=O) groups is 1. The highest BCUT2D eigenvalue weighted by atomic mass is 35.5. The summed E-state index contributed by atoms with van der Waals surface area (Å²) in [5.74, 6) is -0.106. The highest BCUT2D eigenvalue weighted by Crippen LogP contribution is 2.32. The number of anilines is 1. The van der Waals surface area contributed by atoms with Crippen LogP contribution in [0.2, 0.25) is 5.02 Å². The molecule has 0 bridgehead atoms. The lowest BCUT2D eigenvalue weighted by Gasteiger charge is -2.23. The molecular formula is C13H18ClNO. The van der Waals surface area contributed by atoms with Crippen molar-refractivity contribution < 1.29 is 4.79 Å². The third kappa shape index (κ3) is 2.99. The Morgan fingerprint density at radius 3 is 2.31 bits per heavy atom. The van der Waals surface area contributed by atoms with Crippen molar-refractivity contribution in [3.8, 4) is 0 Å². The molecule has 3 heteroatoms. The monoisotopic (exact) mass is 239 g/mol. The van der Waals surface area contributed by atoms with Crippen LogP contribution >= 0.6 is 11.6 Å². The molecule has 0 aromatic heterocycles. The summed E-state index contributed by atoms with van der Waals surface area (Å²) < 4.78 is 0. The maximum atomic E-state index is 11.0.